The lowest BCUT2D eigenvalue weighted by molar-refractivity contribution is 0.104. The summed E-state index contributed by atoms with van der Waals surface area (Å²) in [6, 6.07) is 0. The molecule has 0 atom stereocenters. The normalized spacial score (nSPS) is 8.89. The molecular formula is C5H5N3O. The number of allylic oxidation sites excluding steroid dienone is 1. The van der Waals surface area contributed by atoms with Crippen molar-refractivity contribution in [3.05, 3.63) is 24.5 Å². The van der Waals surface area contributed by atoms with E-state index < -0.39 is 0 Å². The molecular weight excluding hydrogens is 118 g/mol. The molecule has 0 unspecified atom stereocenters. The summed E-state index contributed by atoms with van der Waals surface area (Å²) in [6.07, 6.45) is 2.54. The third-order valence-electron chi connectivity index (χ3n) is 0.853. The first kappa shape index (κ1) is 5.68. The van der Waals surface area contributed by atoms with E-state index in [1.165, 1.54) is 12.3 Å². The summed E-state index contributed by atoms with van der Waals surface area (Å²) < 4.78 is 0. The molecule has 46 valence electrons. The number of aromatic amines is 1. The first-order chi connectivity index (χ1) is 4.34. The molecule has 0 aromatic carbocycles. The van der Waals surface area contributed by atoms with E-state index in [1.54, 1.807) is 0 Å². The van der Waals surface area contributed by atoms with Gasteiger partial charge < -0.3 is 0 Å². The Labute approximate surface area is 51.6 Å². The maximum absolute atomic E-state index is 10.6. The van der Waals surface area contributed by atoms with Gasteiger partial charge in [0.1, 0.15) is 0 Å². The van der Waals surface area contributed by atoms with Crippen LogP contribution in [0.5, 0.6) is 0 Å². The van der Waals surface area contributed by atoms with Crippen LogP contribution in [0, 0.1) is 0 Å². The number of nitrogens with one attached hydrogen (secondary N) is 1. The predicted octanol–water partition coefficient (Wildman–Crippen LogP) is 0.173. The summed E-state index contributed by atoms with van der Waals surface area (Å²) >= 11 is 0. The summed E-state index contributed by atoms with van der Waals surface area (Å²) in [5, 5.41) is 9.29. The van der Waals surface area contributed by atoms with E-state index in [9.17, 15) is 4.79 Å². The second kappa shape index (κ2) is 2.21. The largest absolute Gasteiger partial charge is 0.287 e. The van der Waals surface area contributed by atoms with E-state index in [0.717, 1.165) is 0 Å². The zero-order chi connectivity index (χ0) is 6.69. The number of ketones is 1. The van der Waals surface area contributed by atoms with Gasteiger partial charge in [-0.05, 0) is 6.08 Å². The van der Waals surface area contributed by atoms with Crippen molar-refractivity contribution in [1.82, 2.24) is 15.4 Å². The van der Waals surface area contributed by atoms with Gasteiger partial charge in [-0.15, -0.1) is 0 Å². The van der Waals surface area contributed by atoms with Crippen molar-refractivity contribution in [2.75, 3.05) is 0 Å². The summed E-state index contributed by atoms with van der Waals surface area (Å²) in [4.78, 5) is 10.6. The van der Waals surface area contributed by atoms with E-state index in [0.29, 0.717) is 5.69 Å². The van der Waals surface area contributed by atoms with Gasteiger partial charge in [0.05, 0.1) is 6.20 Å². The second-order valence-corrected chi connectivity index (χ2v) is 1.42. The highest BCUT2D eigenvalue weighted by molar-refractivity contribution is 6.02. The first-order valence-corrected chi connectivity index (χ1v) is 2.37. The van der Waals surface area contributed by atoms with E-state index >= 15 is 0 Å². The number of carbonyl (C=O) groups is 1. The lowest BCUT2D eigenvalue weighted by Gasteiger charge is -1.78. The van der Waals surface area contributed by atoms with Crippen LogP contribution >= 0.6 is 0 Å². The smallest absolute Gasteiger partial charge is 0.207 e. The topological polar surface area (TPSA) is 58.6 Å². The van der Waals surface area contributed by atoms with Gasteiger partial charge in [0, 0.05) is 0 Å². The Morgan fingerprint density at radius 3 is 3.11 bits per heavy atom. The summed E-state index contributed by atoms with van der Waals surface area (Å²) in [5.41, 5.74) is 0.296. The zero-order valence-corrected chi connectivity index (χ0v) is 4.66. The molecule has 1 rings (SSSR count). The molecule has 1 aromatic heterocycles. The third kappa shape index (κ3) is 1.02. The monoisotopic (exact) mass is 123 g/mol. The third-order valence-corrected chi connectivity index (χ3v) is 0.853. The van der Waals surface area contributed by atoms with Crippen LogP contribution in [0.4, 0.5) is 0 Å². The number of nitrogens with zero attached hydrogens (tertiary/aromatic N) is 2. The Bertz CT molecular complexity index is 214. The van der Waals surface area contributed by atoms with E-state index in [4.69, 9.17) is 0 Å². The molecule has 0 aliphatic rings. The van der Waals surface area contributed by atoms with Crippen molar-refractivity contribution in [2.24, 2.45) is 0 Å². The average molecular weight is 123 g/mol. The van der Waals surface area contributed by atoms with Gasteiger partial charge in [-0.1, -0.05) is 6.58 Å². The zero-order valence-electron chi connectivity index (χ0n) is 4.66. The average Bonchev–Trinajstić information content (AvgIpc) is 2.37. The van der Waals surface area contributed by atoms with Gasteiger partial charge in [-0.3, -0.25) is 4.79 Å². The van der Waals surface area contributed by atoms with Crippen LogP contribution in [0.3, 0.4) is 0 Å². The van der Waals surface area contributed by atoms with Crippen molar-refractivity contribution in [1.29, 1.82) is 0 Å². The Morgan fingerprint density at radius 1 is 1.89 bits per heavy atom. The molecule has 0 spiro atoms. The van der Waals surface area contributed by atoms with Crippen molar-refractivity contribution in [2.45, 2.75) is 0 Å². The fourth-order valence-electron chi connectivity index (χ4n) is 0.425. The molecule has 0 fully saturated rings. The van der Waals surface area contributed by atoms with Crippen molar-refractivity contribution >= 4 is 5.78 Å². The lowest BCUT2D eigenvalue weighted by atomic mass is 10.3. The standard InChI is InChI=1S/C5H5N3O/c1-2-5(9)4-3-6-8-7-4/h2-3H,1H2,(H,6,7,8). The molecule has 0 saturated carbocycles. The lowest BCUT2D eigenvalue weighted by Crippen LogP contribution is -1.92. The van der Waals surface area contributed by atoms with Crippen molar-refractivity contribution in [3.63, 3.8) is 0 Å². The Hall–Kier alpha value is -1.45. The highest BCUT2D eigenvalue weighted by Crippen LogP contribution is 1.89. The van der Waals surface area contributed by atoms with Crippen LogP contribution < -0.4 is 0 Å². The van der Waals surface area contributed by atoms with Crippen LogP contribution in [-0.2, 0) is 0 Å². The number of hydrogen-bond acceptors (Lipinski definition) is 3. The van der Waals surface area contributed by atoms with Crippen molar-refractivity contribution in [3.8, 4) is 0 Å². The first-order valence-electron chi connectivity index (χ1n) is 2.37. The Morgan fingerprint density at radius 2 is 2.67 bits per heavy atom. The molecule has 4 heteroatoms. The van der Waals surface area contributed by atoms with Crippen LogP contribution in [0.1, 0.15) is 10.5 Å². The van der Waals surface area contributed by atoms with Gasteiger partial charge in [-0.25, -0.2) is 0 Å². The second-order valence-electron chi connectivity index (χ2n) is 1.42. The van der Waals surface area contributed by atoms with Crippen LogP contribution in [-0.4, -0.2) is 21.2 Å². The molecule has 4 nitrogen and oxygen atoms in total. The Balaban J connectivity index is 2.89. The molecule has 0 saturated heterocycles. The Kier molecular flexibility index (Phi) is 1.40. The molecule has 1 N–H and O–H groups in total. The predicted molar refractivity (Wildman–Crippen MR) is 30.9 cm³/mol. The molecule has 1 heterocycles. The summed E-state index contributed by atoms with van der Waals surface area (Å²) in [7, 11) is 0. The number of aromatic nitrogens is 3. The molecule has 9 heavy (non-hydrogen) atoms. The number of H-pyrrole nitrogens is 1. The quantitative estimate of drug-likeness (QED) is 0.450. The fraction of sp³-hybridized carbons (Fsp3) is 0. The highest BCUT2D eigenvalue weighted by atomic mass is 16.1. The van der Waals surface area contributed by atoms with Gasteiger partial charge in [-0.2, -0.15) is 15.4 Å². The molecule has 1 aromatic rings. The molecule has 0 aliphatic carbocycles. The van der Waals surface area contributed by atoms with Crippen LogP contribution in [0.25, 0.3) is 0 Å². The number of carbonyl (C=O) groups excluding carboxylic acids is 1. The minimum atomic E-state index is -0.219. The summed E-state index contributed by atoms with van der Waals surface area (Å²) in [6.45, 7) is 3.29. The van der Waals surface area contributed by atoms with E-state index in [2.05, 4.69) is 22.0 Å². The highest BCUT2D eigenvalue weighted by Gasteiger charge is 2.01. The minimum Gasteiger partial charge on any atom is -0.287 e. The maximum atomic E-state index is 10.6. The molecule has 0 aliphatic heterocycles. The molecule has 0 amide bonds. The molecule has 0 radical (unpaired) electrons. The summed E-state index contributed by atoms with van der Waals surface area (Å²) in [5.74, 6) is -0.219. The van der Waals surface area contributed by atoms with Crippen molar-refractivity contribution < 1.29 is 4.79 Å². The number of hydrogen-bond donors (Lipinski definition) is 1. The SMILES string of the molecule is C=CC(=O)c1cn[nH]n1. The number of rotatable bonds is 2. The molecule has 0 bridgehead atoms. The fourth-order valence-corrected chi connectivity index (χ4v) is 0.425. The van der Waals surface area contributed by atoms with Crippen LogP contribution in [0.2, 0.25) is 0 Å². The van der Waals surface area contributed by atoms with Gasteiger partial charge in [0.25, 0.3) is 0 Å². The van der Waals surface area contributed by atoms with Gasteiger partial charge in [0.15, 0.2) is 5.69 Å². The van der Waals surface area contributed by atoms with E-state index in [-0.39, 0.29) is 5.78 Å². The van der Waals surface area contributed by atoms with Crippen LogP contribution in [0.15, 0.2) is 18.9 Å². The maximum Gasteiger partial charge on any atom is 0.207 e. The van der Waals surface area contributed by atoms with Gasteiger partial charge in [0.2, 0.25) is 5.78 Å². The minimum absolute atomic E-state index is 0.219. The van der Waals surface area contributed by atoms with Gasteiger partial charge >= 0.3 is 0 Å². The van der Waals surface area contributed by atoms with E-state index in [1.807, 2.05) is 0 Å².